The van der Waals surface area contributed by atoms with Gasteiger partial charge in [-0.3, -0.25) is 4.90 Å². The fourth-order valence-electron chi connectivity index (χ4n) is 1.09. The SMILES string of the molecule is CC(C)N1CCOCC1. The molecule has 1 saturated heterocycles. The highest BCUT2D eigenvalue weighted by atomic mass is 16.5. The molecule has 0 aromatic heterocycles. The second-order valence-electron chi connectivity index (χ2n) is 2.74. The fraction of sp³-hybridized carbons (Fsp3) is 1.00. The molecule has 0 aromatic rings. The van der Waals surface area contributed by atoms with E-state index in [4.69, 9.17) is 4.74 Å². The van der Waals surface area contributed by atoms with Crippen LogP contribution in [0, 0.1) is 0 Å². The van der Waals surface area contributed by atoms with Crippen molar-refractivity contribution in [3.05, 3.63) is 0 Å². The van der Waals surface area contributed by atoms with Gasteiger partial charge in [0.05, 0.1) is 13.2 Å². The summed E-state index contributed by atoms with van der Waals surface area (Å²) in [6.45, 7) is 8.50. The van der Waals surface area contributed by atoms with Gasteiger partial charge in [0.2, 0.25) is 0 Å². The quantitative estimate of drug-likeness (QED) is 0.517. The third-order valence-corrected chi connectivity index (χ3v) is 1.78. The molecule has 2 heteroatoms. The zero-order chi connectivity index (χ0) is 6.69. The Morgan fingerprint density at radius 3 is 2.11 bits per heavy atom. The van der Waals surface area contributed by atoms with Crippen molar-refractivity contribution in [3.63, 3.8) is 0 Å². The molecule has 0 saturated carbocycles. The first-order valence-corrected chi connectivity index (χ1v) is 3.62. The smallest absolute Gasteiger partial charge is 0.0594 e. The van der Waals surface area contributed by atoms with E-state index in [1.807, 2.05) is 0 Å². The van der Waals surface area contributed by atoms with Gasteiger partial charge >= 0.3 is 0 Å². The summed E-state index contributed by atoms with van der Waals surface area (Å²) in [5.74, 6) is 0. The highest BCUT2D eigenvalue weighted by Gasteiger charge is 2.11. The second-order valence-corrected chi connectivity index (χ2v) is 2.74. The van der Waals surface area contributed by atoms with Crippen molar-refractivity contribution >= 4 is 0 Å². The van der Waals surface area contributed by atoms with Gasteiger partial charge in [0.15, 0.2) is 0 Å². The van der Waals surface area contributed by atoms with Crippen LogP contribution in [0.2, 0.25) is 0 Å². The lowest BCUT2D eigenvalue weighted by atomic mass is 10.3. The Kier molecular flexibility index (Phi) is 2.49. The largest absolute Gasteiger partial charge is 0.379 e. The molecule has 0 unspecified atom stereocenters. The van der Waals surface area contributed by atoms with E-state index in [1.54, 1.807) is 0 Å². The molecule has 9 heavy (non-hydrogen) atoms. The molecule has 1 rings (SSSR count). The van der Waals surface area contributed by atoms with E-state index in [-0.39, 0.29) is 0 Å². The lowest BCUT2D eigenvalue weighted by Gasteiger charge is -2.29. The summed E-state index contributed by atoms with van der Waals surface area (Å²) >= 11 is 0. The minimum Gasteiger partial charge on any atom is -0.379 e. The van der Waals surface area contributed by atoms with E-state index in [9.17, 15) is 0 Å². The average Bonchev–Trinajstić information content (AvgIpc) is 1.90. The van der Waals surface area contributed by atoms with Crippen molar-refractivity contribution in [2.75, 3.05) is 26.3 Å². The summed E-state index contributed by atoms with van der Waals surface area (Å²) in [6.07, 6.45) is 0. The zero-order valence-electron chi connectivity index (χ0n) is 6.26. The van der Waals surface area contributed by atoms with Crippen LogP contribution in [0.5, 0.6) is 0 Å². The van der Waals surface area contributed by atoms with Crippen LogP contribution in [0.25, 0.3) is 0 Å². The van der Waals surface area contributed by atoms with Crippen molar-refractivity contribution in [2.45, 2.75) is 19.9 Å². The predicted molar refractivity (Wildman–Crippen MR) is 37.5 cm³/mol. The lowest BCUT2D eigenvalue weighted by molar-refractivity contribution is 0.0238. The van der Waals surface area contributed by atoms with E-state index in [0.29, 0.717) is 6.04 Å². The molecule has 1 heterocycles. The summed E-state index contributed by atoms with van der Waals surface area (Å²) in [7, 11) is 0. The van der Waals surface area contributed by atoms with Gasteiger partial charge in [-0.05, 0) is 13.8 Å². The molecule has 0 radical (unpaired) electrons. The van der Waals surface area contributed by atoms with Gasteiger partial charge in [-0.15, -0.1) is 0 Å². The average molecular weight is 129 g/mol. The molecule has 0 atom stereocenters. The van der Waals surface area contributed by atoms with Crippen LogP contribution in [0.3, 0.4) is 0 Å². The molecule has 54 valence electrons. The van der Waals surface area contributed by atoms with E-state index in [1.165, 1.54) is 0 Å². The van der Waals surface area contributed by atoms with Crippen LogP contribution < -0.4 is 0 Å². The van der Waals surface area contributed by atoms with Crippen molar-refractivity contribution < 1.29 is 4.74 Å². The van der Waals surface area contributed by atoms with Crippen LogP contribution in [0.4, 0.5) is 0 Å². The first-order chi connectivity index (χ1) is 4.30. The molecule has 0 aromatic carbocycles. The van der Waals surface area contributed by atoms with Gasteiger partial charge < -0.3 is 4.74 Å². The Bertz CT molecular complexity index is 77.0. The maximum atomic E-state index is 5.21. The zero-order valence-corrected chi connectivity index (χ0v) is 6.26. The van der Waals surface area contributed by atoms with Crippen molar-refractivity contribution in [1.82, 2.24) is 4.90 Å². The highest BCUT2D eigenvalue weighted by molar-refractivity contribution is 4.64. The highest BCUT2D eigenvalue weighted by Crippen LogP contribution is 2.01. The maximum Gasteiger partial charge on any atom is 0.0594 e. The van der Waals surface area contributed by atoms with Gasteiger partial charge in [0.1, 0.15) is 0 Å². The topological polar surface area (TPSA) is 12.5 Å². The van der Waals surface area contributed by atoms with Gasteiger partial charge in [0.25, 0.3) is 0 Å². The molecule has 0 amide bonds. The van der Waals surface area contributed by atoms with E-state index < -0.39 is 0 Å². The molecular formula is C7H15NO. The number of hydrogen-bond acceptors (Lipinski definition) is 2. The first kappa shape index (κ1) is 7.03. The molecular weight excluding hydrogens is 114 g/mol. The Hall–Kier alpha value is -0.0800. The summed E-state index contributed by atoms with van der Waals surface area (Å²) in [6, 6.07) is 0.689. The Balaban J connectivity index is 2.23. The minimum absolute atomic E-state index is 0.689. The fourth-order valence-corrected chi connectivity index (χ4v) is 1.09. The molecule has 0 spiro atoms. The Labute approximate surface area is 56.8 Å². The van der Waals surface area contributed by atoms with Crippen LogP contribution in [-0.2, 0) is 4.74 Å². The van der Waals surface area contributed by atoms with Crippen LogP contribution in [-0.4, -0.2) is 37.2 Å². The number of morpholine rings is 1. The number of nitrogens with zero attached hydrogens (tertiary/aromatic N) is 1. The first-order valence-electron chi connectivity index (χ1n) is 3.62. The summed E-state index contributed by atoms with van der Waals surface area (Å²) in [5.41, 5.74) is 0. The summed E-state index contributed by atoms with van der Waals surface area (Å²) in [5, 5.41) is 0. The second kappa shape index (κ2) is 3.18. The van der Waals surface area contributed by atoms with E-state index >= 15 is 0 Å². The summed E-state index contributed by atoms with van der Waals surface area (Å²) in [4.78, 5) is 2.43. The van der Waals surface area contributed by atoms with Gasteiger partial charge in [-0.1, -0.05) is 0 Å². The summed E-state index contributed by atoms with van der Waals surface area (Å²) < 4.78 is 5.21. The third-order valence-electron chi connectivity index (χ3n) is 1.78. The van der Waals surface area contributed by atoms with Crippen molar-refractivity contribution in [2.24, 2.45) is 0 Å². The monoisotopic (exact) mass is 129 g/mol. The molecule has 1 aliphatic rings. The molecule has 0 bridgehead atoms. The standard InChI is InChI=1S/C7H15NO/c1-7(2)8-3-5-9-6-4-8/h7H,3-6H2,1-2H3. The normalized spacial score (nSPS) is 23.0. The van der Waals surface area contributed by atoms with Gasteiger partial charge in [-0.25, -0.2) is 0 Å². The maximum absolute atomic E-state index is 5.21. The number of ether oxygens (including phenoxy) is 1. The van der Waals surface area contributed by atoms with Crippen LogP contribution >= 0.6 is 0 Å². The molecule has 1 aliphatic heterocycles. The van der Waals surface area contributed by atoms with Gasteiger partial charge in [-0.2, -0.15) is 0 Å². The van der Waals surface area contributed by atoms with Crippen LogP contribution in [0.15, 0.2) is 0 Å². The van der Waals surface area contributed by atoms with Gasteiger partial charge in [0, 0.05) is 19.1 Å². The van der Waals surface area contributed by atoms with Crippen LogP contribution in [0.1, 0.15) is 13.8 Å². The Morgan fingerprint density at radius 2 is 1.78 bits per heavy atom. The molecule has 0 aliphatic carbocycles. The van der Waals surface area contributed by atoms with E-state index in [0.717, 1.165) is 26.3 Å². The molecule has 1 fully saturated rings. The molecule has 2 nitrogen and oxygen atoms in total. The minimum atomic E-state index is 0.689. The van der Waals surface area contributed by atoms with E-state index in [2.05, 4.69) is 18.7 Å². The Morgan fingerprint density at radius 1 is 1.22 bits per heavy atom. The number of rotatable bonds is 1. The van der Waals surface area contributed by atoms with Crippen molar-refractivity contribution in [1.29, 1.82) is 0 Å². The third kappa shape index (κ3) is 1.95. The predicted octanol–water partition coefficient (Wildman–Crippen LogP) is 0.727. The number of hydrogen-bond donors (Lipinski definition) is 0. The van der Waals surface area contributed by atoms with Crippen molar-refractivity contribution in [3.8, 4) is 0 Å². The lowest BCUT2D eigenvalue weighted by Crippen LogP contribution is -2.40. The molecule has 0 N–H and O–H groups in total.